The minimum absolute atomic E-state index is 0.132. The number of nitro benzene ring substituents is 1. The van der Waals surface area contributed by atoms with E-state index in [-0.39, 0.29) is 34.1 Å². The molecule has 0 bridgehead atoms. The number of halogens is 2. The molecule has 21 heavy (non-hydrogen) atoms. The Labute approximate surface area is 135 Å². The van der Waals surface area contributed by atoms with E-state index in [4.69, 9.17) is 0 Å². The molecule has 1 aromatic carbocycles. The van der Waals surface area contributed by atoms with Crippen molar-refractivity contribution >= 4 is 34.0 Å². The van der Waals surface area contributed by atoms with Gasteiger partial charge in [-0.05, 0) is 42.0 Å². The Hall–Kier alpha value is -1.00. The van der Waals surface area contributed by atoms with Crippen molar-refractivity contribution in [2.45, 2.75) is 18.9 Å². The van der Waals surface area contributed by atoms with Crippen LogP contribution >= 0.6 is 22.6 Å². The molecule has 0 aliphatic carbocycles. The molecule has 0 amide bonds. The predicted molar refractivity (Wildman–Crippen MR) is 86.1 cm³/mol. The van der Waals surface area contributed by atoms with Crippen molar-refractivity contribution in [3.8, 4) is 0 Å². The Kier molecular flexibility index (Phi) is 5.71. The number of hydrogen-bond acceptors (Lipinski definition) is 5. The largest absolute Gasteiger partial charge is 0.395 e. The third kappa shape index (κ3) is 4.01. The molecule has 0 aromatic heterocycles. The summed E-state index contributed by atoms with van der Waals surface area (Å²) in [5.41, 5.74) is 0.0907. The fourth-order valence-electron chi connectivity index (χ4n) is 2.53. The van der Waals surface area contributed by atoms with Crippen LogP contribution in [0.5, 0.6) is 0 Å². The van der Waals surface area contributed by atoms with E-state index in [1.165, 1.54) is 12.1 Å². The Morgan fingerprint density at radius 3 is 2.90 bits per heavy atom. The molecular formula is C13H17FIN3O3. The molecule has 0 saturated carbocycles. The number of hydrogen-bond donors (Lipinski definition) is 2. The van der Waals surface area contributed by atoms with Gasteiger partial charge in [0, 0.05) is 31.3 Å². The fourth-order valence-corrected chi connectivity index (χ4v) is 2.99. The van der Waals surface area contributed by atoms with Crippen molar-refractivity contribution in [2.75, 3.05) is 31.1 Å². The molecule has 1 aliphatic rings. The number of aliphatic hydroxyl groups excluding tert-OH is 1. The lowest BCUT2D eigenvalue weighted by Crippen LogP contribution is -2.39. The van der Waals surface area contributed by atoms with Gasteiger partial charge in [-0.2, -0.15) is 0 Å². The SMILES string of the molecule is O=[N+]([O-])c1cc(I)c(F)cc1N(CCO)CC1CCCN1. The van der Waals surface area contributed by atoms with Crippen LogP contribution in [0.3, 0.4) is 0 Å². The van der Waals surface area contributed by atoms with Crippen LogP contribution in [0.4, 0.5) is 15.8 Å². The minimum atomic E-state index is -0.511. The summed E-state index contributed by atoms with van der Waals surface area (Å²) in [6.45, 7) is 1.53. The summed E-state index contributed by atoms with van der Waals surface area (Å²) < 4.78 is 14.0. The van der Waals surface area contributed by atoms with Crippen molar-refractivity contribution in [3.05, 3.63) is 31.6 Å². The summed E-state index contributed by atoms with van der Waals surface area (Å²) in [4.78, 5) is 12.4. The van der Waals surface area contributed by atoms with Crippen LogP contribution in [0.25, 0.3) is 0 Å². The molecule has 0 radical (unpaired) electrons. The number of aliphatic hydroxyl groups is 1. The predicted octanol–water partition coefficient (Wildman–Crippen LogP) is 1.89. The van der Waals surface area contributed by atoms with Gasteiger partial charge in [-0.1, -0.05) is 0 Å². The topological polar surface area (TPSA) is 78.6 Å². The first kappa shape index (κ1) is 16.4. The number of rotatable bonds is 6. The van der Waals surface area contributed by atoms with E-state index in [9.17, 15) is 19.6 Å². The highest BCUT2D eigenvalue weighted by molar-refractivity contribution is 14.1. The molecule has 1 aliphatic heterocycles. The van der Waals surface area contributed by atoms with E-state index in [2.05, 4.69) is 5.32 Å². The maximum absolute atomic E-state index is 13.8. The summed E-state index contributed by atoms with van der Waals surface area (Å²) in [6, 6.07) is 2.63. The maximum atomic E-state index is 13.8. The Morgan fingerprint density at radius 1 is 1.57 bits per heavy atom. The van der Waals surface area contributed by atoms with Gasteiger partial charge in [-0.15, -0.1) is 0 Å². The molecule has 2 N–H and O–H groups in total. The normalized spacial score (nSPS) is 18.0. The van der Waals surface area contributed by atoms with Crippen LogP contribution in [0.1, 0.15) is 12.8 Å². The fraction of sp³-hybridized carbons (Fsp3) is 0.538. The van der Waals surface area contributed by atoms with E-state index in [0.29, 0.717) is 6.54 Å². The van der Waals surface area contributed by atoms with Gasteiger partial charge >= 0.3 is 0 Å². The first-order chi connectivity index (χ1) is 10.0. The van der Waals surface area contributed by atoms with Crippen LogP contribution in [0.2, 0.25) is 0 Å². The van der Waals surface area contributed by atoms with Gasteiger partial charge in [0.2, 0.25) is 0 Å². The summed E-state index contributed by atoms with van der Waals surface area (Å²) in [7, 11) is 0. The van der Waals surface area contributed by atoms with Gasteiger partial charge in [0.15, 0.2) is 0 Å². The number of nitrogens with one attached hydrogen (secondary N) is 1. The third-order valence-electron chi connectivity index (χ3n) is 3.53. The molecule has 1 heterocycles. The van der Waals surface area contributed by atoms with Crippen molar-refractivity contribution < 1.29 is 14.4 Å². The van der Waals surface area contributed by atoms with Crippen LogP contribution < -0.4 is 10.2 Å². The summed E-state index contributed by atoms with van der Waals surface area (Å²) in [5, 5.41) is 23.7. The van der Waals surface area contributed by atoms with Crippen LogP contribution in [-0.2, 0) is 0 Å². The number of nitro groups is 1. The second-order valence-corrected chi connectivity index (χ2v) is 6.14. The second kappa shape index (κ2) is 7.32. The zero-order valence-electron chi connectivity index (χ0n) is 11.4. The monoisotopic (exact) mass is 409 g/mol. The van der Waals surface area contributed by atoms with Gasteiger partial charge in [-0.25, -0.2) is 4.39 Å². The molecule has 6 nitrogen and oxygen atoms in total. The first-order valence-electron chi connectivity index (χ1n) is 6.75. The van der Waals surface area contributed by atoms with Gasteiger partial charge in [-0.3, -0.25) is 10.1 Å². The minimum Gasteiger partial charge on any atom is -0.395 e. The second-order valence-electron chi connectivity index (χ2n) is 4.98. The molecule has 1 unspecified atom stereocenters. The smallest absolute Gasteiger partial charge is 0.293 e. The van der Waals surface area contributed by atoms with E-state index in [0.717, 1.165) is 19.4 Å². The molecule has 116 valence electrons. The van der Waals surface area contributed by atoms with Gasteiger partial charge in [0.25, 0.3) is 5.69 Å². The third-order valence-corrected chi connectivity index (χ3v) is 4.35. The highest BCUT2D eigenvalue weighted by Gasteiger charge is 2.25. The zero-order chi connectivity index (χ0) is 15.4. The Morgan fingerprint density at radius 2 is 2.33 bits per heavy atom. The van der Waals surface area contributed by atoms with Crippen molar-refractivity contribution in [1.82, 2.24) is 5.32 Å². The van der Waals surface area contributed by atoms with Gasteiger partial charge in [0.05, 0.1) is 15.1 Å². The van der Waals surface area contributed by atoms with E-state index < -0.39 is 10.7 Å². The molecular weight excluding hydrogens is 392 g/mol. The number of benzene rings is 1. The van der Waals surface area contributed by atoms with Crippen molar-refractivity contribution in [2.24, 2.45) is 0 Å². The quantitative estimate of drug-likeness (QED) is 0.426. The average Bonchev–Trinajstić information content (AvgIpc) is 2.93. The molecule has 0 spiro atoms. The maximum Gasteiger partial charge on any atom is 0.293 e. The summed E-state index contributed by atoms with van der Waals surface area (Å²) in [5.74, 6) is -0.487. The number of anilines is 1. The zero-order valence-corrected chi connectivity index (χ0v) is 13.5. The van der Waals surface area contributed by atoms with E-state index >= 15 is 0 Å². The lowest BCUT2D eigenvalue weighted by molar-refractivity contribution is -0.384. The van der Waals surface area contributed by atoms with Crippen LogP contribution in [0.15, 0.2) is 12.1 Å². The lowest BCUT2D eigenvalue weighted by Gasteiger charge is -2.27. The van der Waals surface area contributed by atoms with Gasteiger partial charge < -0.3 is 15.3 Å². The Balaban J connectivity index is 2.33. The molecule has 1 fully saturated rings. The molecule has 2 rings (SSSR count). The van der Waals surface area contributed by atoms with Crippen LogP contribution in [0, 0.1) is 19.5 Å². The lowest BCUT2D eigenvalue weighted by atomic mass is 10.1. The van der Waals surface area contributed by atoms with Crippen molar-refractivity contribution in [3.63, 3.8) is 0 Å². The van der Waals surface area contributed by atoms with Crippen molar-refractivity contribution in [1.29, 1.82) is 0 Å². The average molecular weight is 409 g/mol. The molecule has 1 saturated heterocycles. The van der Waals surface area contributed by atoms with E-state index in [1.54, 1.807) is 27.5 Å². The molecule has 1 atom stereocenters. The highest BCUT2D eigenvalue weighted by atomic mass is 127. The highest BCUT2D eigenvalue weighted by Crippen LogP contribution is 2.32. The number of nitrogens with zero attached hydrogens (tertiary/aromatic N) is 2. The summed E-state index contributed by atoms with van der Waals surface area (Å²) >= 11 is 1.74. The first-order valence-corrected chi connectivity index (χ1v) is 7.83. The van der Waals surface area contributed by atoms with Crippen LogP contribution in [-0.4, -0.2) is 42.3 Å². The van der Waals surface area contributed by atoms with Gasteiger partial charge in [0.1, 0.15) is 11.5 Å². The standard InChI is InChI=1S/C13H17FIN3O3/c14-10-6-12(13(18(20)21)7-11(10)15)17(4-5-19)8-9-2-1-3-16-9/h6-7,9,16,19H,1-5,8H2. The Bertz CT molecular complexity index is 524. The summed E-state index contributed by atoms with van der Waals surface area (Å²) in [6.07, 6.45) is 2.03. The molecule has 1 aromatic rings. The molecule has 8 heteroatoms. The van der Waals surface area contributed by atoms with E-state index in [1.807, 2.05) is 0 Å².